The number of hydrogen-bond donors (Lipinski definition) is 1. The zero-order valence-corrected chi connectivity index (χ0v) is 9.42. The first kappa shape index (κ1) is 10.2. The van der Waals surface area contributed by atoms with Gasteiger partial charge in [0.2, 0.25) is 5.89 Å². The van der Waals surface area contributed by atoms with E-state index >= 15 is 0 Å². The number of aryl methyl sites for hydroxylation is 2. The van der Waals surface area contributed by atoms with Crippen molar-refractivity contribution < 1.29 is 4.42 Å². The maximum atomic E-state index is 5.68. The Morgan fingerprint density at radius 3 is 2.87 bits per heavy atom. The first-order chi connectivity index (χ1) is 7.20. The third kappa shape index (κ3) is 2.02. The lowest BCUT2D eigenvalue weighted by Crippen LogP contribution is -2.11. The summed E-state index contributed by atoms with van der Waals surface area (Å²) in [5, 5.41) is 3.20. The van der Waals surface area contributed by atoms with Crippen LogP contribution >= 0.6 is 0 Å². The van der Waals surface area contributed by atoms with Crippen LogP contribution in [0.1, 0.15) is 23.9 Å². The number of oxazole rings is 1. The third-order valence-electron chi connectivity index (χ3n) is 2.39. The molecule has 0 fully saturated rings. The number of aromatic nitrogens is 1. The second-order valence-electron chi connectivity index (χ2n) is 3.82. The molecule has 0 atom stereocenters. The molecule has 0 aliphatic carbocycles. The molecule has 0 aliphatic heterocycles. The second-order valence-corrected chi connectivity index (χ2v) is 3.82. The topological polar surface area (TPSA) is 38.1 Å². The van der Waals surface area contributed by atoms with E-state index in [1.165, 1.54) is 5.56 Å². The van der Waals surface area contributed by atoms with E-state index in [4.69, 9.17) is 4.42 Å². The fraction of sp³-hybridized carbons (Fsp3) is 0.417. The van der Waals surface area contributed by atoms with Crippen molar-refractivity contribution in [1.29, 1.82) is 0 Å². The SMILES string of the molecule is CCNCc1nc2cc(C)cc(C)c2o1. The zero-order valence-electron chi connectivity index (χ0n) is 9.42. The maximum absolute atomic E-state index is 5.68. The molecule has 0 saturated heterocycles. The highest BCUT2D eigenvalue weighted by molar-refractivity contribution is 5.77. The van der Waals surface area contributed by atoms with Gasteiger partial charge in [0, 0.05) is 0 Å². The first-order valence-electron chi connectivity index (χ1n) is 5.28. The Hall–Kier alpha value is -1.35. The molecule has 1 heterocycles. The molecule has 0 aliphatic rings. The van der Waals surface area contributed by atoms with Gasteiger partial charge in [-0.25, -0.2) is 4.98 Å². The van der Waals surface area contributed by atoms with Gasteiger partial charge < -0.3 is 9.73 Å². The number of rotatable bonds is 3. The molecular weight excluding hydrogens is 188 g/mol. The van der Waals surface area contributed by atoms with Crippen LogP contribution in [0.4, 0.5) is 0 Å². The van der Waals surface area contributed by atoms with Crippen molar-refractivity contribution in [3.05, 3.63) is 29.2 Å². The predicted molar refractivity (Wildman–Crippen MR) is 60.9 cm³/mol. The van der Waals surface area contributed by atoms with Crippen LogP contribution in [0.3, 0.4) is 0 Å². The largest absolute Gasteiger partial charge is 0.439 e. The van der Waals surface area contributed by atoms with Crippen molar-refractivity contribution in [3.8, 4) is 0 Å². The summed E-state index contributed by atoms with van der Waals surface area (Å²) in [7, 11) is 0. The molecule has 15 heavy (non-hydrogen) atoms. The molecular formula is C12H16N2O. The van der Waals surface area contributed by atoms with Crippen LogP contribution in [-0.4, -0.2) is 11.5 Å². The van der Waals surface area contributed by atoms with E-state index in [1.54, 1.807) is 0 Å². The van der Waals surface area contributed by atoms with Crippen LogP contribution in [0.5, 0.6) is 0 Å². The molecule has 1 aromatic heterocycles. The summed E-state index contributed by atoms with van der Waals surface area (Å²) < 4.78 is 5.68. The maximum Gasteiger partial charge on any atom is 0.209 e. The minimum absolute atomic E-state index is 0.698. The molecule has 0 unspecified atom stereocenters. The van der Waals surface area contributed by atoms with Crippen molar-refractivity contribution in [2.75, 3.05) is 6.54 Å². The summed E-state index contributed by atoms with van der Waals surface area (Å²) in [5.41, 5.74) is 4.25. The Morgan fingerprint density at radius 1 is 1.33 bits per heavy atom. The molecule has 2 aromatic rings. The molecule has 0 spiro atoms. The number of nitrogens with zero attached hydrogens (tertiary/aromatic N) is 1. The lowest BCUT2D eigenvalue weighted by Gasteiger charge is -1.95. The highest BCUT2D eigenvalue weighted by Gasteiger charge is 2.07. The molecule has 80 valence electrons. The number of benzene rings is 1. The van der Waals surface area contributed by atoms with E-state index < -0.39 is 0 Å². The lowest BCUT2D eigenvalue weighted by atomic mass is 10.1. The Kier molecular flexibility index (Phi) is 2.73. The standard InChI is InChI=1S/C12H16N2O/c1-4-13-7-11-14-10-6-8(2)5-9(3)12(10)15-11/h5-6,13H,4,7H2,1-3H3. The zero-order chi connectivity index (χ0) is 10.8. The second kappa shape index (κ2) is 4.03. The highest BCUT2D eigenvalue weighted by Crippen LogP contribution is 2.21. The highest BCUT2D eigenvalue weighted by atomic mass is 16.3. The minimum atomic E-state index is 0.698. The average molecular weight is 204 g/mol. The Labute approximate surface area is 89.5 Å². The summed E-state index contributed by atoms with van der Waals surface area (Å²) in [6.45, 7) is 7.82. The summed E-state index contributed by atoms with van der Waals surface area (Å²) in [4.78, 5) is 4.44. The van der Waals surface area contributed by atoms with Crippen molar-refractivity contribution in [2.45, 2.75) is 27.3 Å². The molecule has 1 N–H and O–H groups in total. The molecule has 0 saturated carbocycles. The van der Waals surface area contributed by atoms with Crippen molar-refractivity contribution in [1.82, 2.24) is 10.3 Å². The Morgan fingerprint density at radius 2 is 2.13 bits per heavy atom. The Balaban J connectivity index is 2.41. The van der Waals surface area contributed by atoms with Gasteiger partial charge in [-0.15, -0.1) is 0 Å². The monoisotopic (exact) mass is 204 g/mol. The van der Waals surface area contributed by atoms with E-state index in [0.717, 1.165) is 29.1 Å². The van der Waals surface area contributed by atoms with E-state index in [1.807, 2.05) is 0 Å². The van der Waals surface area contributed by atoms with Crippen LogP contribution < -0.4 is 5.32 Å². The summed E-state index contributed by atoms with van der Waals surface area (Å²) in [6.07, 6.45) is 0. The number of nitrogens with one attached hydrogen (secondary N) is 1. The summed E-state index contributed by atoms with van der Waals surface area (Å²) in [6, 6.07) is 4.17. The van der Waals surface area contributed by atoms with Gasteiger partial charge in [0.25, 0.3) is 0 Å². The van der Waals surface area contributed by atoms with E-state index in [9.17, 15) is 0 Å². The van der Waals surface area contributed by atoms with Gasteiger partial charge in [-0.05, 0) is 37.6 Å². The van der Waals surface area contributed by atoms with Crippen LogP contribution in [0.25, 0.3) is 11.1 Å². The number of hydrogen-bond acceptors (Lipinski definition) is 3. The normalized spacial score (nSPS) is 11.1. The predicted octanol–water partition coefficient (Wildman–Crippen LogP) is 2.55. The van der Waals surface area contributed by atoms with Crippen molar-refractivity contribution >= 4 is 11.1 Å². The van der Waals surface area contributed by atoms with Gasteiger partial charge >= 0.3 is 0 Å². The molecule has 3 nitrogen and oxygen atoms in total. The quantitative estimate of drug-likeness (QED) is 0.835. The first-order valence-corrected chi connectivity index (χ1v) is 5.28. The molecule has 3 heteroatoms. The van der Waals surface area contributed by atoms with Gasteiger partial charge in [0.05, 0.1) is 6.54 Å². The van der Waals surface area contributed by atoms with Gasteiger partial charge in [-0.2, -0.15) is 0 Å². The van der Waals surface area contributed by atoms with Crippen molar-refractivity contribution in [3.63, 3.8) is 0 Å². The summed E-state index contributed by atoms with van der Waals surface area (Å²) >= 11 is 0. The third-order valence-corrected chi connectivity index (χ3v) is 2.39. The minimum Gasteiger partial charge on any atom is -0.439 e. The summed E-state index contributed by atoms with van der Waals surface area (Å²) in [5.74, 6) is 0.764. The average Bonchev–Trinajstić information content (AvgIpc) is 2.57. The molecule has 0 radical (unpaired) electrons. The van der Waals surface area contributed by atoms with E-state index in [-0.39, 0.29) is 0 Å². The van der Waals surface area contributed by atoms with Crippen LogP contribution in [-0.2, 0) is 6.54 Å². The molecule has 2 rings (SSSR count). The van der Waals surface area contributed by atoms with Gasteiger partial charge in [0.15, 0.2) is 5.58 Å². The Bertz CT molecular complexity index is 474. The molecule has 0 bridgehead atoms. The molecule has 1 aromatic carbocycles. The van der Waals surface area contributed by atoms with Gasteiger partial charge in [-0.1, -0.05) is 13.0 Å². The van der Waals surface area contributed by atoms with Crippen LogP contribution in [0.2, 0.25) is 0 Å². The lowest BCUT2D eigenvalue weighted by molar-refractivity contribution is 0.500. The van der Waals surface area contributed by atoms with Crippen LogP contribution in [0, 0.1) is 13.8 Å². The van der Waals surface area contributed by atoms with Gasteiger partial charge in [-0.3, -0.25) is 0 Å². The molecule has 0 amide bonds. The fourth-order valence-corrected chi connectivity index (χ4v) is 1.73. The van der Waals surface area contributed by atoms with Crippen molar-refractivity contribution in [2.24, 2.45) is 0 Å². The van der Waals surface area contributed by atoms with Gasteiger partial charge in [0.1, 0.15) is 5.52 Å². The number of fused-ring (bicyclic) bond motifs is 1. The van der Waals surface area contributed by atoms with Crippen LogP contribution in [0.15, 0.2) is 16.5 Å². The van der Waals surface area contributed by atoms with E-state index in [2.05, 4.69) is 43.2 Å². The van der Waals surface area contributed by atoms with E-state index in [0.29, 0.717) is 6.54 Å². The smallest absolute Gasteiger partial charge is 0.209 e. The fourth-order valence-electron chi connectivity index (χ4n) is 1.73.